The van der Waals surface area contributed by atoms with Crippen LogP contribution < -0.4 is 9.64 Å². The molecule has 204 valence electrons. The van der Waals surface area contributed by atoms with Gasteiger partial charge >= 0.3 is 0 Å². The molecule has 1 saturated heterocycles. The SMILES string of the molecule is CC.CC(C)(O)COc1ccc(N2CCN(CCc3ccc(C#N)cc3)CC2)c(Cl)c1.Clc1ccccc1. The zero-order valence-corrected chi connectivity index (χ0v) is 24.3. The number of aliphatic hydroxyl groups is 1. The molecule has 4 rings (SSSR count). The van der Waals surface area contributed by atoms with Crippen LogP contribution in [-0.4, -0.2) is 54.9 Å². The van der Waals surface area contributed by atoms with E-state index in [9.17, 15) is 5.11 Å². The predicted molar refractivity (Wildman–Crippen MR) is 160 cm³/mol. The fourth-order valence-electron chi connectivity index (χ4n) is 3.75. The van der Waals surface area contributed by atoms with Crippen molar-refractivity contribution in [1.82, 2.24) is 4.90 Å². The number of nitriles is 1. The highest BCUT2D eigenvalue weighted by atomic mass is 35.5. The van der Waals surface area contributed by atoms with E-state index in [1.165, 1.54) is 5.56 Å². The summed E-state index contributed by atoms with van der Waals surface area (Å²) in [5, 5.41) is 20.1. The van der Waals surface area contributed by atoms with Gasteiger partial charge in [0.25, 0.3) is 0 Å². The van der Waals surface area contributed by atoms with Crippen molar-refractivity contribution in [2.75, 3.05) is 44.2 Å². The van der Waals surface area contributed by atoms with E-state index in [4.69, 9.17) is 33.2 Å². The summed E-state index contributed by atoms with van der Waals surface area (Å²) < 4.78 is 5.62. The minimum atomic E-state index is -0.876. The fraction of sp³-hybridized carbons (Fsp3) is 0.387. The van der Waals surface area contributed by atoms with Crippen molar-refractivity contribution in [3.8, 4) is 11.8 Å². The van der Waals surface area contributed by atoms with Crippen LogP contribution in [0.3, 0.4) is 0 Å². The molecule has 5 nitrogen and oxygen atoms in total. The Morgan fingerprint density at radius 3 is 2.05 bits per heavy atom. The van der Waals surface area contributed by atoms with Crippen LogP contribution in [-0.2, 0) is 6.42 Å². The summed E-state index contributed by atoms with van der Waals surface area (Å²) in [6, 6.07) is 25.2. The molecule has 38 heavy (non-hydrogen) atoms. The quantitative estimate of drug-likeness (QED) is 0.337. The van der Waals surface area contributed by atoms with Crippen molar-refractivity contribution in [2.24, 2.45) is 0 Å². The molecule has 1 aliphatic rings. The smallest absolute Gasteiger partial charge is 0.121 e. The third-order valence-corrected chi connectivity index (χ3v) is 6.31. The van der Waals surface area contributed by atoms with Crippen molar-refractivity contribution in [3.05, 3.63) is 94.0 Å². The normalized spacial score (nSPS) is 13.4. The first-order chi connectivity index (χ1) is 18.2. The van der Waals surface area contributed by atoms with Crippen LogP contribution in [0.25, 0.3) is 0 Å². The Bertz CT molecular complexity index is 1120. The Morgan fingerprint density at radius 1 is 0.921 bits per heavy atom. The first-order valence-electron chi connectivity index (χ1n) is 13.0. The van der Waals surface area contributed by atoms with Crippen LogP contribution >= 0.6 is 23.2 Å². The summed E-state index contributed by atoms with van der Waals surface area (Å²) in [6.07, 6.45) is 0.986. The van der Waals surface area contributed by atoms with Crippen LogP contribution in [0.15, 0.2) is 72.8 Å². The number of hydrogen-bond acceptors (Lipinski definition) is 5. The predicted octanol–water partition coefficient (Wildman–Crippen LogP) is 7.09. The first-order valence-corrected chi connectivity index (χ1v) is 13.8. The molecule has 0 radical (unpaired) electrons. The maximum Gasteiger partial charge on any atom is 0.121 e. The standard InChI is InChI=1S/C23H28ClN3O2.C6H5Cl.C2H6/c1-23(2,28)17-29-20-7-8-22(21(24)15-20)27-13-11-26(12-14-27)10-9-18-3-5-19(16-25)6-4-18;7-6-4-2-1-3-5-6;1-2/h3-8,15,28H,9-14,17H2,1-2H3;1-5H;1-2H3. The molecule has 1 N–H and O–H groups in total. The molecule has 0 spiro atoms. The number of rotatable bonds is 7. The van der Waals surface area contributed by atoms with E-state index in [2.05, 4.69) is 15.9 Å². The van der Waals surface area contributed by atoms with Crippen LogP contribution in [0.5, 0.6) is 5.75 Å². The van der Waals surface area contributed by atoms with Crippen molar-refractivity contribution in [2.45, 2.75) is 39.7 Å². The van der Waals surface area contributed by atoms with E-state index in [1.54, 1.807) is 13.8 Å². The van der Waals surface area contributed by atoms with E-state index >= 15 is 0 Å². The van der Waals surface area contributed by atoms with Crippen molar-refractivity contribution in [3.63, 3.8) is 0 Å². The van der Waals surface area contributed by atoms with Crippen molar-refractivity contribution in [1.29, 1.82) is 5.26 Å². The Labute approximate surface area is 238 Å². The van der Waals surface area contributed by atoms with Gasteiger partial charge in [0.15, 0.2) is 0 Å². The van der Waals surface area contributed by atoms with Gasteiger partial charge in [-0.05, 0) is 62.2 Å². The lowest BCUT2D eigenvalue weighted by atomic mass is 10.1. The van der Waals surface area contributed by atoms with Crippen LogP contribution in [0.2, 0.25) is 10.0 Å². The van der Waals surface area contributed by atoms with Crippen molar-refractivity contribution < 1.29 is 9.84 Å². The number of ether oxygens (including phenoxy) is 1. The summed E-state index contributed by atoms with van der Waals surface area (Å²) >= 11 is 12.0. The zero-order chi connectivity index (χ0) is 28.0. The average molecular weight is 557 g/mol. The lowest BCUT2D eigenvalue weighted by Crippen LogP contribution is -2.47. The maximum atomic E-state index is 9.79. The monoisotopic (exact) mass is 555 g/mol. The van der Waals surface area contributed by atoms with Gasteiger partial charge in [-0.15, -0.1) is 0 Å². The minimum Gasteiger partial charge on any atom is -0.491 e. The zero-order valence-electron chi connectivity index (χ0n) is 22.8. The first kappa shape index (κ1) is 31.5. The van der Waals surface area contributed by atoms with E-state index in [-0.39, 0.29) is 6.61 Å². The highest BCUT2D eigenvalue weighted by Crippen LogP contribution is 2.31. The molecule has 0 saturated carbocycles. The average Bonchev–Trinajstić information content (AvgIpc) is 2.93. The Morgan fingerprint density at radius 2 is 1.55 bits per heavy atom. The Hall–Kier alpha value is -2.75. The molecule has 0 bridgehead atoms. The molecule has 0 unspecified atom stereocenters. The van der Waals surface area contributed by atoms with E-state index in [1.807, 2.05) is 86.6 Å². The summed E-state index contributed by atoms with van der Waals surface area (Å²) in [4.78, 5) is 4.77. The van der Waals surface area contributed by atoms with Gasteiger partial charge in [0.05, 0.1) is 27.9 Å². The topological polar surface area (TPSA) is 59.7 Å². The molecule has 1 fully saturated rings. The van der Waals surface area contributed by atoms with E-state index < -0.39 is 5.60 Å². The maximum absolute atomic E-state index is 9.79. The van der Waals surface area contributed by atoms with E-state index in [0.717, 1.165) is 49.9 Å². The van der Waals surface area contributed by atoms with E-state index in [0.29, 0.717) is 16.3 Å². The summed E-state index contributed by atoms with van der Waals surface area (Å²) in [7, 11) is 0. The van der Waals surface area contributed by atoms with Gasteiger partial charge in [-0.2, -0.15) is 5.26 Å². The van der Waals surface area contributed by atoms with Crippen LogP contribution in [0.1, 0.15) is 38.8 Å². The third kappa shape index (κ3) is 11.3. The van der Waals surface area contributed by atoms with Gasteiger partial charge in [0.2, 0.25) is 0 Å². The summed E-state index contributed by atoms with van der Waals surface area (Å²) in [5.74, 6) is 0.668. The summed E-state index contributed by atoms with van der Waals surface area (Å²) in [5.41, 5.74) is 2.11. The van der Waals surface area contributed by atoms with Crippen molar-refractivity contribution >= 4 is 28.9 Å². The fourth-order valence-corrected chi connectivity index (χ4v) is 4.19. The second kappa shape index (κ2) is 16.3. The molecule has 1 aliphatic heterocycles. The van der Waals surface area contributed by atoms with Gasteiger partial charge in [-0.1, -0.05) is 67.4 Å². The highest BCUT2D eigenvalue weighted by Gasteiger charge is 2.20. The lowest BCUT2D eigenvalue weighted by Gasteiger charge is -2.36. The minimum absolute atomic E-state index is 0.223. The third-order valence-electron chi connectivity index (χ3n) is 5.76. The summed E-state index contributed by atoms with van der Waals surface area (Å²) in [6.45, 7) is 12.5. The number of nitrogens with zero attached hydrogens (tertiary/aromatic N) is 3. The Kier molecular flexibility index (Phi) is 13.5. The Balaban J connectivity index is 0.000000481. The highest BCUT2D eigenvalue weighted by molar-refractivity contribution is 6.33. The second-order valence-electron chi connectivity index (χ2n) is 9.40. The van der Waals surface area contributed by atoms with Gasteiger partial charge in [-0.3, -0.25) is 4.90 Å². The van der Waals surface area contributed by atoms with Crippen LogP contribution in [0.4, 0.5) is 5.69 Å². The number of halogens is 2. The molecule has 3 aromatic rings. The van der Waals surface area contributed by atoms with Gasteiger partial charge in [-0.25, -0.2) is 0 Å². The molecule has 0 aliphatic carbocycles. The van der Waals surface area contributed by atoms with Gasteiger partial charge in [0, 0.05) is 43.8 Å². The van der Waals surface area contributed by atoms with Crippen LogP contribution in [0, 0.1) is 11.3 Å². The number of benzene rings is 3. The molecule has 3 aromatic carbocycles. The molecular weight excluding hydrogens is 517 g/mol. The van der Waals surface area contributed by atoms with Gasteiger partial charge < -0.3 is 14.7 Å². The molecule has 0 amide bonds. The second-order valence-corrected chi connectivity index (χ2v) is 10.2. The molecule has 1 heterocycles. The number of piperazine rings is 1. The molecule has 7 heteroatoms. The molecule has 0 atom stereocenters. The lowest BCUT2D eigenvalue weighted by molar-refractivity contribution is 0.0285. The molecular formula is C31H39Cl2N3O2. The number of hydrogen-bond donors (Lipinski definition) is 1. The van der Waals surface area contributed by atoms with Gasteiger partial charge in [0.1, 0.15) is 12.4 Å². The number of anilines is 1. The molecule has 0 aromatic heterocycles. The largest absolute Gasteiger partial charge is 0.491 e.